The highest BCUT2D eigenvalue weighted by Crippen LogP contribution is 2.31. The fourth-order valence-corrected chi connectivity index (χ4v) is 2.90. The van der Waals surface area contributed by atoms with Gasteiger partial charge in [0, 0.05) is 0 Å². The number of hydrogen-bond donors (Lipinski definition) is 1. The molecule has 1 aromatic rings. The van der Waals surface area contributed by atoms with Crippen molar-refractivity contribution >= 4 is 6.08 Å². The molecule has 3 nitrogen and oxygen atoms in total. The summed E-state index contributed by atoms with van der Waals surface area (Å²) in [5.41, 5.74) is 3.26. The van der Waals surface area contributed by atoms with Crippen molar-refractivity contribution in [3.05, 3.63) is 28.8 Å². The molecule has 0 radical (unpaired) electrons. The summed E-state index contributed by atoms with van der Waals surface area (Å²) >= 11 is 0. The highest BCUT2D eigenvalue weighted by molar-refractivity contribution is 5.44. The molecule has 0 aromatic heterocycles. The SMILES string of the molecule is CCCCc1cc(CC(C)(C)CN=C=O)cc(CCCC)c1O. The van der Waals surface area contributed by atoms with Crippen molar-refractivity contribution < 1.29 is 9.90 Å². The van der Waals surface area contributed by atoms with Crippen LogP contribution < -0.4 is 0 Å². The minimum atomic E-state index is -0.0849. The van der Waals surface area contributed by atoms with Crippen LogP contribution in [0.4, 0.5) is 0 Å². The molecule has 0 fully saturated rings. The molecule has 0 saturated heterocycles. The summed E-state index contributed by atoms with van der Waals surface area (Å²) in [5, 5.41) is 10.5. The lowest BCUT2D eigenvalue weighted by molar-refractivity contribution is 0.376. The van der Waals surface area contributed by atoms with Gasteiger partial charge in [0.2, 0.25) is 6.08 Å². The zero-order valence-electron chi connectivity index (χ0n) is 15.1. The summed E-state index contributed by atoms with van der Waals surface area (Å²) in [6.07, 6.45) is 8.72. The van der Waals surface area contributed by atoms with Crippen LogP contribution in [0.2, 0.25) is 0 Å². The van der Waals surface area contributed by atoms with Gasteiger partial charge in [-0.15, -0.1) is 0 Å². The number of hydrogen-bond acceptors (Lipinski definition) is 3. The molecule has 0 bridgehead atoms. The van der Waals surface area contributed by atoms with E-state index in [1.807, 2.05) is 0 Å². The molecule has 1 N–H and O–H groups in total. The quantitative estimate of drug-likeness (QED) is 0.488. The highest BCUT2D eigenvalue weighted by atomic mass is 16.3. The standard InChI is InChI=1S/C20H31NO2/c1-5-7-9-17-11-16(13-20(3,4)14-21-15-22)12-18(19(17)23)10-8-6-2/h11-12,23H,5-10,13-14H2,1-4H3. The molecular formula is C20H31NO2. The van der Waals surface area contributed by atoms with E-state index in [9.17, 15) is 9.90 Å². The van der Waals surface area contributed by atoms with E-state index in [0.29, 0.717) is 12.3 Å². The first-order valence-corrected chi connectivity index (χ1v) is 8.80. The van der Waals surface area contributed by atoms with E-state index in [1.54, 1.807) is 6.08 Å². The number of phenols is 1. The lowest BCUT2D eigenvalue weighted by Crippen LogP contribution is -2.19. The molecule has 3 heteroatoms. The summed E-state index contributed by atoms with van der Waals surface area (Å²) < 4.78 is 0. The monoisotopic (exact) mass is 317 g/mol. The van der Waals surface area contributed by atoms with Gasteiger partial charge in [-0.25, -0.2) is 9.79 Å². The summed E-state index contributed by atoms with van der Waals surface area (Å²) in [4.78, 5) is 14.1. The van der Waals surface area contributed by atoms with Crippen LogP contribution >= 0.6 is 0 Å². The minimum absolute atomic E-state index is 0.0849. The number of nitrogens with zero attached hydrogens (tertiary/aromatic N) is 1. The van der Waals surface area contributed by atoms with Gasteiger partial charge in [0.15, 0.2) is 0 Å². The summed E-state index contributed by atoms with van der Waals surface area (Å²) in [7, 11) is 0. The molecule has 0 aliphatic heterocycles. The van der Waals surface area contributed by atoms with Crippen molar-refractivity contribution in [1.82, 2.24) is 0 Å². The normalized spacial score (nSPS) is 11.3. The minimum Gasteiger partial charge on any atom is -0.507 e. The van der Waals surface area contributed by atoms with Crippen LogP contribution in [-0.4, -0.2) is 17.7 Å². The first kappa shape index (κ1) is 19.4. The molecule has 0 aliphatic carbocycles. The molecule has 23 heavy (non-hydrogen) atoms. The summed E-state index contributed by atoms with van der Waals surface area (Å²) in [6, 6.07) is 4.26. The van der Waals surface area contributed by atoms with Crippen LogP contribution in [0.3, 0.4) is 0 Å². The third-order valence-electron chi connectivity index (χ3n) is 4.18. The van der Waals surface area contributed by atoms with Gasteiger partial charge in [0.25, 0.3) is 0 Å². The zero-order valence-corrected chi connectivity index (χ0v) is 15.1. The van der Waals surface area contributed by atoms with E-state index in [1.165, 1.54) is 5.56 Å². The Kier molecular flexibility index (Phi) is 8.05. The molecule has 0 spiro atoms. The molecule has 0 unspecified atom stereocenters. The van der Waals surface area contributed by atoms with Crippen LogP contribution in [0, 0.1) is 5.41 Å². The first-order chi connectivity index (χ1) is 10.9. The van der Waals surface area contributed by atoms with E-state index in [4.69, 9.17) is 0 Å². The molecule has 1 aromatic carbocycles. The molecule has 128 valence electrons. The lowest BCUT2D eigenvalue weighted by Gasteiger charge is -2.23. The van der Waals surface area contributed by atoms with Gasteiger partial charge in [-0.1, -0.05) is 52.7 Å². The molecule has 0 saturated carbocycles. The van der Waals surface area contributed by atoms with Crippen LogP contribution in [-0.2, 0) is 24.1 Å². The predicted octanol–water partition coefficient (Wildman–Crippen LogP) is 4.98. The Morgan fingerprint density at radius 3 is 2.04 bits per heavy atom. The number of aromatic hydroxyl groups is 1. The van der Waals surface area contributed by atoms with E-state index in [-0.39, 0.29) is 5.41 Å². The second kappa shape index (κ2) is 9.52. The third-order valence-corrected chi connectivity index (χ3v) is 4.18. The Morgan fingerprint density at radius 1 is 1.09 bits per heavy atom. The van der Waals surface area contributed by atoms with Gasteiger partial charge >= 0.3 is 0 Å². The number of aliphatic imine (C=N–C) groups is 1. The topological polar surface area (TPSA) is 49.7 Å². The van der Waals surface area contributed by atoms with E-state index < -0.39 is 0 Å². The Bertz CT molecular complexity index is 514. The fraction of sp³-hybridized carbons (Fsp3) is 0.650. The van der Waals surface area contributed by atoms with Gasteiger partial charge in [0.05, 0.1) is 6.54 Å². The van der Waals surface area contributed by atoms with Crippen molar-refractivity contribution in [2.45, 2.75) is 72.6 Å². The molecular weight excluding hydrogens is 286 g/mol. The lowest BCUT2D eigenvalue weighted by atomic mass is 9.84. The van der Waals surface area contributed by atoms with Gasteiger partial charge in [-0.2, -0.15) is 0 Å². The van der Waals surface area contributed by atoms with Crippen molar-refractivity contribution in [2.75, 3.05) is 6.54 Å². The first-order valence-electron chi connectivity index (χ1n) is 8.80. The van der Waals surface area contributed by atoms with E-state index in [0.717, 1.165) is 56.1 Å². The number of aryl methyl sites for hydroxylation is 2. The Hall–Kier alpha value is -1.60. The van der Waals surface area contributed by atoms with Crippen LogP contribution in [0.1, 0.15) is 70.1 Å². The number of carbonyl (C=O) groups excluding carboxylic acids is 1. The number of phenolic OH excluding ortho intramolecular Hbond substituents is 1. The molecule has 0 aliphatic rings. The van der Waals surface area contributed by atoms with E-state index in [2.05, 4.69) is 44.8 Å². The number of isocyanates is 1. The summed E-state index contributed by atoms with van der Waals surface area (Å²) in [6.45, 7) is 9.03. The maximum atomic E-state index is 10.5. The van der Waals surface area contributed by atoms with Gasteiger partial charge < -0.3 is 5.11 Å². The smallest absolute Gasteiger partial charge is 0.234 e. The van der Waals surface area contributed by atoms with Crippen molar-refractivity contribution in [1.29, 1.82) is 0 Å². The van der Waals surface area contributed by atoms with Gasteiger partial charge in [-0.3, -0.25) is 0 Å². The zero-order chi connectivity index (χ0) is 17.3. The average Bonchev–Trinajstić information content (AvgIpc) is 2.51. The van der Waals surface area contributed by atoms with Gasteiger partial charge in [0.1, 0.15) is 5.75 Å². The Balaban J connectivity index is 3.07. The van der Waals surface area contributed by atoms with Crippen molar-refractivity contribution in [3.8, 4) is 5.75 Å². The second-order valence-corrected chi connectivity index (χ2v) is 7.22. The van der Waals surface area contributed by atoms with Crippen LogP contribution in [0.25, 0.3) is 0 Å². The highest BCUT2D eigenvalue weighted by Gasteiger charge is 2.20. The predicted molar refractivity (Wildman–Crippen MR) is 95.8 cm³/mol. The molecule has 0 heterocycles. The second-order valence-electron chi connectivity index (χ2n) is 7.22. The average molecular weight is 317 g/mol. The van der Waals surface area contributed by atoms with Crippen molar-refractivity contribution in [2.24, 2.45) is 10.4 Å². The van der Waals surface area contributed by atoms with Crippen LogP contribution in [0.5, 0.6) is 5.75 Å². The number of rotatable bonds is 10. The van der Waals surface area contributed by atoms with Crippen molar-refractivity contribution in [3.63, 3.8) is 0 Å². The largest absolute Gasteiger partial charge is 0.507 e. The number of unbranched alkanes of at least 4 members (excludes halogenated alkanes) is 2. The fourth-order valence-electron chi connectivity index (χ4n) is 2.90. The third kappa shape index (κ3) is 6.58. The summed E-state index contributed by atoms with van der Waals surface area (Å²) in [5.74, 6) is 0.486. The molecule has 1 rings (SSSR count). The molecule has 0 amide bonds. The number of benzene rings is 1. The maximum absolute atomic E-state index is 10.5. The Labute approximate surface area is 140 Å². The van der Waals surface area contributed by atoms with Crippen LogP contribution in [0.15, 0.2) is 17.1 Å². The van der Waals surface area contributed by atoms with E-state index >= 15 is 0 Å². The molecule has 0 atom stereocenters. The Morgan fingerprint density at radius 2 is 1.61 bits per heavy atom. The maximum Gasteiger partial charge on any atom is 0.234 e. The van der Waals surface area contributed by atoms with Gasteiger partial charge in [-0.05, 0) is 54.2 Å².